The zero-order valence-corrected chi connectivity index (χ0v) is 31.1. The third-order valence-corrected chi connectivity index (χ3v) is 12.3. The Labute approximate surface area is 331 Å². The maximum absolute atomic E-state index is 6.31. The van der Waals surface area contributed by atoms with Crippen molar-refractivity contribution < 1.29 is 4.42 Å². The van der Waals surface area contributed by atoms with Crippen LogP contribution in [0.2, 0.25) is 0 Å². The van der Waals surface area contributed by atoms with Gasteiger partial charge in [-0.15, -0.1) is 0 Å². The number of furan rings is 1. The molecule has 0 amide bonds. The maximum Gasteiger partial charge on any atom is 0.135 e. The molecule has 1 heterocycles. The first-order valence-corrected chi connectivity index (χ1v) is 19.7. The van der Waals surface area contributed by atoms with Crippen LogP contribution in [-0.2, 0) is 5.41 Å². The Morgan fingerprint density at radius 2 is 0.737 bits per heavy atom. The van der Waals surface area contributed by atoms with Crippen LogP contribution in [0.15, 0.2) is 217 Å². The fraction of sp³-hybridized carbons (Fsp3) is 0.0182. The molecule has 1 spiro atoms. The number of rotatable bonds is 5. The molecule has 12 rings (SSSR count). The van der Waals surface area contributed by atoms with Gasteiger partial charge in [0.15, 0.2) is 0 Å². The number of anilines is 3. The van der Waals surface area contributed by atoms with Crippen LogP contribution in [0.25, 0.3) is 66.4 Å². The summed E-state index contributed by atoms with van der Waals surface area (Å²) in [4.78, 5) is 2.41. The first kappa shape index (κ1) is 31.9. The number of hydrogen-bond donors (Lipinski definition) is 0. The molecular weight excluding hydrogens is 691 g/mol. The van der Waals surface area contributed by atoms with Gasteiger partial charge in [0, 0.05) is 27.8 Å². The lowest BCUT2D eigenvalue weighted by molar-refractivity contribution is 0.669. The van der Waals surface area contributed by atoms with E-state index in [4.69, 9.17) is 4.42 Å². The lowest BCUT2D eigenvalue weighted by Crippen LogP contribution is -2.26. The second kappa shape index (κ2) is 12.3. The van der Waals surface area contributed by atoms with Crippen molar-refractivity contribution in [1.82, 2.24) is 0 Å². The molecule has 0 fully saturated rings. The van der Waals surface area contributed by atoms with Gasteiger partial charge in [-0.25, -0.2) is 0 Å². The zero-order valence-electron chi connectivity index (χ0n) is 31.1. The van der Waals surface area contributed by atoms with Gasteiger partial charge in [-0.05, 0) is 115 Å². The fourth-order valence-corrected chi connectivity index (χ4v) is 9.81. The summed E-state index contributed by atoms with van der Waals surface area (Å²) in [6, 6.07) is 77.5. The molecule has 0 N–H and O–H groups in total. The highest BCUT2D eigenvalue weighted by molar-refractivity contribution is 6.06. The van der Waals surface area contributed by atoms with E-state index in [1.807, 2.05) is 12.1 Å². The minimum absolute atomic E-state index is 0.429. The van der Waals surface area contributed by atoms with Crippen LogP contribution in [0.1, 0.15) is 22.3 Å². The van der Waals surface area contributed by atoms with Crippen molar-refractivity contribution in [2.75, 3.05) is 4.90 Å². The number of hydrogen-bond acceptors (Lipinski definition) is 2. The summed E-state index contributed by atoms with van der Waals surface area (Å²) < 4.78 is 6.31. The van der Waals surface area contributed by atoms with Gasteiger partial charge in [0.25, 0.3) is 0 Å². The van der Waals surface area contributed by atoms with E-state index in [1.165, 1.54) is 66.8 Å². The highest BCUT2D eigenvalue weighted by Crippen LogP contribution is 2.63. The van der Waals surface area contributed by atoms with Gasteiger partial charge < -0.3 is 9.32 Å². The van der Waals surface area contributed by atoms with E-state index in [2.05, 4.69) is 205 Å². The third kappa shape index (κ3) is 4.65. The van der Waals surface area contributed by atoms with E-state index in [0.717, 1.165) is 39.0 Å². The van der Waals surface area contributed by atoms with Gasteiger partial charge in [-0.1, -0.05) is 164 Å². The van der Waals surface area contributed by atoms with E-state index < -0.39 is 5.41 Å². The van der Waals surface area contributed by atoms with Crippen molar-refractivity contribution in [3.05, 3.63) is 235 Å². The highest BCUT2D eigenvalue weighted by Gasteiger charge is 2.51. The van der Waals surface area contributed by atoms with Crippen LogP contribution in [0.3, 0.4) is 0 Å². The highest BCUT2D eigenvalue weighted by atomic mass is 16.3. The Morgan fingerprint density at radius 1 is 0.298 bits per heavy atom. The summed E-state index contributed by atoms with van der Waals surface area (Å²) in [5, 5.41) is 2.22. The predicted molar refractivity (Wildman–Crippen MR) is 236 cm³/mol. The standard InChI is InChI=1S/C55H35NO/c1-2-12-36(13-3-1)37-22-24-38(25-23-37)39-26-28-40(29-27-39)56(41-31-33-54-48(34-41)47-17-7-11-21-53(47)57-54)42-30-32-46-45-16-6-10-20-51(45)55(52(46)35-42)49-18-8-4-14-43(49)44-15-5-9-19-50(44)55/h1-35H. The summed E-state index contributed by atoms with van der Waals surface area (Å²) in [6.07, 6.45) is 0. The smallest absolute Gasteiger partial charge is 0.135 e. The molecule has 9 aromatic carbocycles. The molecule has 0 saturated carbocycles. The van der Waals surface area contributed by atoms with Crippen molar-refractivity contribution in [3.8, 4) is 44.5 Å². The molecule has 0 atom stereocenters. The molecule has 0 unspecified atom stereocenters. The lowest BCUT2D eigenvalue weighted by Gasteiger charge is -2.32. The van der Waals surface area contributed by atoms with E-state index >= 15 is 0 Å². The van der Waals surface area contributed by atoms with Crippen LogP contribution in [-0.4, -0.2) is 0 Å². The predicted octanol–water partition coefficient (Wildman–Crippen LogP) is 14.7. The quantitative estimate of drug-likeness (QED) is 0.176. The van der Waals surface area contributed by atoms with Crippen molar-refractivity contribution in [2.24, 2.45) is 0 Å². The average Bonchev–Trinajstić information content (AvgIpc) is 3.91. The maximum atomic E-state index is 6.31. The van der Waals surface area contributed by atoms with Crippen LogP contribution >= 0.6 is 0 Å². The monoisotopic (exact) mass is 725 g/mol. The Balaban J connectivity index is 1.05. The largest absolute Gasteiger partial charge is 0.456 e. The van der Waals surface area contributed by atoms with Crippen LogP contribution < -0.4 is 4.90 Å². The Bertz CT molecular complexity index is 3110. The Hall–Kier alpha value is -7.42. The Kier molecular flexibility index (Phi) is 6.88. The van der Waals surface area contributed by atoms with Crippen molar-refractivity contribution >= 4 is 39.0 Å². The number of nitrogens with zero attached hydrogens (tertiary/aromatic N) is 1. The van der Waals surface area contributed by atoms with Crippen molar-refractivity contribution in [3.63, 3.8) is 0 Å². The molecule has 2 heteroatoms. The van der Waals surface area contributed by atoms with Gasteiger partial charge in [0.1, 0.15) is 11.2 Å². The van der Waals surface area contributed by atoms with Gasteiger partial charge in [0.05, 0.1) is 5.41 Å². The molecule has 0 bridgehead atoms. The van der Waals surface area contributed by atoms with Crippen molar-refractivity contribution in [1.29, 1.82) is 0 Å². The lowest BCUT2D eigenvalue weighted by atomic mass is 9.70. The fourth-order valence-electron chi connectivity index (χ4n) is 9.81. The Morgan fingerprint density at radius 3 is 1.37 bits per heavy atom. The van der Waals surface area contributed by atoms with E-state index in [-0.39, 0.29) is 0 Å². The third-order valence-electron chi connectivity index (χ3n) is 12.3. The second-order valence-corrected chi connectivity index (χ2v) is 15.2. The van der Waals surface area contributed by atoms with E-state index in [0.29, 0.717) is 0 Å². The average molecular weight is 726 g/mol. The molecule has 1 aromatic heterocycles. The molecule has 57 heavy (non-hydrogen) atoms. The van der Waals surface area contributed by atoms with E-state index in [1.54, 1.807) is 0 Å². The number of para-hydroxylation sites is 1. The molecule has 0 saturated heterocycles. The SMILES string of the molecule is c1ccc(-c2ccc(-c3ccc(N(c4ccc5c(c4)C4(c6ccccc6-c6ccccc64)c4ccccc4-5)c4ccc5oc6ccccc6c5c4)cc3)cc2)cc1. The van der Waals surface area contributed by atoms with Gasteiger partial charge in [-0.2, -0.15) is 0 Å². The topological polar surface area (TPSA) is 16.4 Å². The number of fused-ring (bicyclic) bond motifs is 13. The molecular formula is C55H35NO. The molecule has 10 aromatic rings. The second-order valence-electron chi connectivity index (χ2n) is 15.2. The van der Waals surface area contributed by atoms with Crippen LogP contribution in [0.4, 0.5) is 17.1 Å². The molecule has 2 aliphatic rings. The van der Waals surface area contributed by atoms with Gasteiger partial charge in [-0.3, -0.25) is 0 Å². The minimum Gasteiger partial charge on any atom is -0.456 e. The van der Waals surface area contributed by atoms with Crippen LogP contribution in [0.5, 0.6) is 0 Å². The van der Waals surface area contributed by atoms with Gasteiger partial charge >= 0.3 is 0 Å². The first-order valence-electron chi connectivity index (χ1n) is 19.7. The van der Waals surface area contributed by atoms with Crippen LogP contribution in [0, 0.1) is 0 Å². The molecule has 2 aliphatic carbocycles. The summed E-state index contributed by atoms with van der Waals surface area (Å²) in [5.41, 5.74) is 20.0. The summed E-state index contributed by atoms with van der Waals surface area (Å²) in [6.45, 7) is 0. The summed E-state index contributed by atoms with van der Waals surface area (Å²) in [7, 11) is 0. The summed E-state index contributed by atoms with van der Waals surface area (Å²) in [5.74, 6) is 0. The summed E-state index contributed by atoms with van der Waals surface area (Å²) >= 11 is 0. The number of benzene rings is 9. The van der Waals surface area contributed by atoms with E-state index in [9.17, 15) is 0 Å². The molecule has 0 radical (unpaired) electrons. The first-order chi connectivity index (χ1) is 28.3. The minimum atomic E-state index is -0.429. The van der Waals surface area contributed by atoms with Crippen molar-refractivity contribution in [2.45, 2.75) is 5.41 Å². The normalized spacial score (nSPS) is 13.1. The molecule has 0 aliphatic heterocycles. The molecule has 266 valence electrons. The van der Waals surface area contributed by atoms with Gasteiger partial charge in [0.2, 0.25) is 0 Å². The zero-order chi connectivity index (χ0) is 37.5. The molecule has 2 nitrogen and oxygen atoms in total.